The number of ether oxygens (including phenoxy) is 1. The number of rotatable bonds is 5. The monoisotopic (exact) mass is 422 g/mol. The summed E-state index contributed by atoms with van der Waals surface area (Å²) in [5.74, 6) is 1.47. The maximum absolute atomic E-state index is 12.5. The van der Waals surface area contributed by atoms with Crippen LogP contribution in [-0.2, 0) is 14.6 Å². The van der Waals surface area contributed by atoms with E-state index in [1.807, 2.05) is 29.2 Å². The van der Waals surface area contributed by atoms with E-state index in [1.165, 1.54) is 37.4 Å². The number of amidine groups is 1. The second-order valence-electron chi connectivity index (χ2n) is 7.85. The Morgan fingerprint density at radius 2 is 2.07 bits per heavy atom. The van der Waals surface area contributed by atoms with E-state index in [1.54, 1.807) is 7.11 Å². The molecule has 0 N–H and O–H groups in total. The van der Waals surface area contributed by atoms with Gasteiger partial charge in [-0.3, -0.25) is 4.79 Å². The standard InChI is InChI=1S/C20H26N2O4S2/c1-26-16-8-4-7-15(11-16)22-17-12-28(24,25)13-18(17)27-20(22)21-19(23)10-9-14-5-2-3-6-14/h4,7-8,11,14,17-18H,2-3,5-6,9-10,12-13H2,1H3/t17-,18+/m1/s1. The largest absolute Gasteiger partial charge is 0.497 e. The number of aliphatic imine (C=N–C) groups is 1. The molecule has 152 valence electrons. The van der Waals surface area contributed by atoms with Crippen LogP contribution in [0, 0.1) is 5.92 Å². The molecule has 28 heavy (non-hydrogen) atoms. The Morgan fingerprint density at radius 1 is 1.29 bits per heavy atom. The number of carbonyl (C=O) groups excluding carboxylic acids is 1. The maximum Gasteiger partial charge on any atom is 0.248 e. The number of carbonyl (C=O) groups is 1. The fourth-order valence-corrected chi connectivity index (χ4v) is 8.35. The predicted molar refractivity (Wildman–Crippen MR) is 113 cm³/mol. The summed E-state index contributed by atoms with van der Waals surface area (Å²) in [5.41, 5.74) is 0.818. The molecule has 2 atom stereocenters. The van der Waals surface area contributed by atoms with Gasteiger partial charge in [0.2, 0.25) is 5.91 Å². The summed E-state index contributed by atoms with van der Waals surface area (Å²) in [6.45, 7) is 0. The molecule has 0 spiro atoms. The Balaban J connectivity index is 1.56. The average molecular weight is 423 g/mol. The molecule has 4 rings (SSSR count). The van der Waals surface area contributed by atoms with Gasteiger partial charge in [-0.25, -0.2) is 8.42 Å². The summed E-state index contributed by atoms with van der Waals surface area (Å²) < 4.78 is 29.6. The van der Waals surface area contributed by atoms with Gasteiger partial charge in [-0.15, -0.1) is 0 Å². The van der Waals surface area contributed by atoms with Gasteiger partial charge in [0.15, 0.2) is 15.0 Å². The summed E-state index contributed by atoms with van der Waals surface area (Å²) in [4.78, 5) is 18.9. The number of thioether (sulfide) groups is 1. The van der Waals surface area contributed by atoms with Crippen LogP contribution in [0.25, 0.3) is 0 Å². The molecular formula is C20H26N2O4S2. The lowest BCUT2D eigenvalue weighted by Crippen LogP contribution is -2.37. The van der Waals surface area contributed by atoms with Crippen molar-refractivity contribution < 1.29 is 17.9 Å². The summed E-state index contributed by atoms with van der Waals surface area (Å²) in [5, 5.41) is 0.534. The van der Waals surface area contributed by atoms with Crippen LogP contribution < -0.4 is 9.64 Å². The fraction of sp³-hybridized carbons (Fsp3) is 0.600. The number of anilines is 1. The zero-order valence-electron chi connectivity index (χ0n) is 16.0. The second kappa shape index (κ2) is 8.06. The van der Waals surface area contributed by atoms with Crippen LogP contribution >= 0.6 is 11.8 Å². The number of hydrogen-bond donors (Lipinski definition) is 0. The molecule has 1 aromatic rings. The molecule has 0 bridgehead atoms. The fourth-order valence-electron chi connectivity index (χ4n) is 4.42. The Bertz CT molecular complexity index is 878. The van der Waals surface area contributed by atoms with Gasteiger partial charge >= 0.3 is 0 Å². The van der Waals surface area contributed by atoms with Gasteiger partial charge in [0.05, 0.1) is 24.7 Å². The molecule has 3 fully saturated rings. The number of nitrogens with zero attached hydrogens (tertiary/aromatic N) is 2. The molecule has 0 radical (unpaired) electrons. The number of sulfone groups is 1. The van der Waals surface area contributed by atoms with Crippen molar-refractivity contribution in [2.24, 2.45) is 10.9 Å². The minimum atomic E-state index is -3.07. The first kappa shape index (κ1) is 19.8. The smallest absolute Gasteiger partial charge is 0.248 e. The summed E-state index contributed by atoms with van der Waals surface area (Å²) in [6, 6.07) is 7.30. The molecule has 2 heterocycles. The topological polar surface area (TPSA) is 76.0 Å². The first-order chi connectivity index (χ1) is 13.4. The van der Waals surface area contributed by atoms with Crippen LogP contribution in [0.3, 0.4) is 0 Å². The van der Waals surface area contributed by atoms with E-state index < -0.39 is 9.84 Å². The van der Waals surface area contributed by atoms with E-state index in [4.69, 9.17) is 4.74 Å². The SMILES string of the molecule is COc1cccc(N2C(=NC(=O)CCC3CCCC3)S[C@H]3CS(=O)(=O)C[C@H]32)c1. The molecule has 1 aliphatic carbocycles. The molecule has 1 aromatic carbocycles. The Kier molecular flexibility index (Phi) is 5.69. The summed E-state index contributed by atoms with van der Waals surface area (Å²) >= 11 is 1.42. The minimum absolute atomic E-state index is 0.0856. The Morgan fingerprint density at radius 3 is 2.82 bits per heavy atom. The van der Waals surface area contributed by atoms with Crippen LogP contribution in [0.4, 0.5) is 5.69 Å². The molecule has 3 aliphatic rings. The summed E-state index contributed by atoms with van der Waals surface area (Å²) in [7, 11) is -1.47. The highest BCUT2D eigenvalue weighted by atomic mass is 32.2. The van der Waals surface area contributed by atoms with E-state index in [0.717, 1.165) is 12.1 Å². The van der Waals surface area contributed by atoms with Crippen molar-refractivity contribution in [3.8, 4) is 5.75 Å². The first-order valence-corrected chi connectivity index (χ1v) is 12.6. The molecule has 1 amide bonds. The molecule has 1 saturated carbocycles. The van der Waals surface area contributed by atoms with E-state index in [9.17, 15) is 13.2 Å². The lowest BCUT2D eigenvalue weighted by atomic mass is 10.0. The van der Waals surface area contributed by atoms with Crippen molar-refractivity contribution in [1.29, 1.82) is 0 Å². The first-order valence-electron chi connectivity index (χ1n) is 9.87. The van der Waals surface area contributed by atoms with Crippen LogP contribution in [0.2, 0.25) is 0 Å². The number of hydrogen-bond acceptors (Lipinski definition) is 5. The van der Waals surface area contributed by atoms with E-state index >= 15 is 0 Å². The number of amides is 1. The van der Waals surface area contributed by atoms with Gasteiger partial charge in [-0.05, 0) is 24.5 Å². The number of benzene rings is 1. The number of methoxy groups -OCH3 is 1. The molecular weight excluding hydrogens is 396 g/mol. The quantitative estimate of drug-likeness (QED) is 0.725. The highest BCUT2D eigenvalue weighted by molar-refractivity contribution is 8.16. The zero-order chi connectivity index (χ0) is 19.7. The van der Waals surface area contributed by atoms with Gasteiger partial charge in [0, 0.05) is 23.4 Å². The third-order valence-corrected chi connectivity index (χ3v) is 9.07. The number of fused-ring (bicyclic) bond motifs is 1. The normalized spacial score (nSPS) is 28.0. The van der Waals surface area contributed by atoms with Crippen LogP contribution in [-0.4, -0.2) is 49.4 Å². The van der Waals surface area contributed by atoms with Crippen molar-refractivity contribution in [3.63, 3.8) is 0 Å². The van der Waals surface area contributed by atoms with Gasteiger partial charge in [0.1, 0.15) is 5.75 Å². The lowest BCUT2D eigenvalue weighted by molar-refractivity contribution is -0.118. The Labute approximate surface area is 170 Å². The minimum Gasteiger partial charge on any atom is -0.497 e. The lowest BCUT2D eigenvalue weighted by Gasteiger charge is -2.24. The van der Waals surface area contributed by atoms with Crippen molar-refractivity contribution in [1.82, 2.24) is 0 Å². The van der Waals surface area contributed by atoms with Crippen LogP contribution in [0.1, 0.15) is 38.5 Å². The van der Waals surface area contributed by atoms with Gasteiger partial charge in [-0.1, -0.05) is 43.5 Å². The van der Waals surface area contributed by atoms with Gasteiger partial charge in [-0.2, -0.15) is 4.99 Å². The van der Waals surface area contributed by atoms with Gasteiger partial charge < -0.3 is 9.64 Å². The highest BCUT2D eigenvalue weighted by Crippen LogP contribution is 2.41. The second-order valence-corrected chi connectivity index (χ2v) is 11.2. The molecule has 6 nitrogen and oxygen atoms in total. The molecule has 8 heteroatoms. The molecule has 2 aliphatic heterocycles. The highest BCUT2D eigenvalue weighted by Gasteiger charge is 2.49. The third kappa shape index (κ3) is 4.22. The average Bonchev–Trinajstić information content (AvgIpc) is 3.34. The van der Waals surface area contributed by atoms with Crippen LogP contribution in [0.15, 0.2) is 29.3 Å². The van der Waals surface area contributed by atoms with Crippen molar-refractivity contribution >= 4 is 38.4 Å². The third-order valence-electron chi connectivity index (χ3n) is 5.86. The van der Waals surface area contributed by atoms with Crippen molar-refractivity contribution in [2.75, 3.05) is 23.5 Å². The van der Waals surface area contributed by atoms with Crippen molar-refractivity contribution in [3.05, 3.63) is 24.3 Å². The van der Waals surface area contributed by atoms with Crippen LogP contribution in [0.5, 0.6) is 5.75 Å². The van der Waals surface area contributed by atoms with E-state index in [-0.39, 0.29) is 28.7 Å². The van der Waals surface area contributed by atoms with Crippen molar-refractivity contribution in [2.45, 2.75) is 49.8 Å². The zero-order valence-corrected chi connectivity index (χ0v) is 17.7. The predicted octanol–water partition coefficient (Wildman–Crippen LogP) is 3.27. The van der Waals surface area contributed by atoms with E-state index in [0.29, 0.717) is 23.3 Å². The van der Waals surface area contributed by atoms with Gasteiger partial charge in [0.25, 0.3) is 0 Å². The van der Waals surface area contributed by atoms with E-state index in [2.05, 4.69) is 4.99 Å². The summed E-state index contributed by atoms with van der Waals surface area (Å²) in [6.07, 6.45) is 6.34. The molecule has 0 unspecified atom stereocenters. The molecule has 0 aromatic heterocycles. The Hall–Kier alpha value is -1.54. The maximum atomic E-state index is 12.5. The molecule has 2 saturated heterocycles.